The van der Waals surface area contributed by atoms with Crippen molar-refractivity contribution in [3.8, 4) is 5.75 Å². The molecule has 0 saturated heterocycles. The number of amidine groups is 1. The summed E-state index contributed by atoms with van der Waals surface area (Å²) in [6, 6.07) is 15.0. The van der Waals surface area contributed by atoms with Gasteiger partial charge in [-0.15, -0.1) is 0 Å². The molecule has 0 aliphatic heterocycles. The zero-order valence-corrected chi connectivity index (χ0v) is 11.5. The van der Waals surface area contributed by atoms with E-state index in [-0.39, 0.29) is 5.84 Å². The average Bonchev–Trinajstić information content (AvgIpc) is 2.48. The summed E-state index contributed by atoms with van der Waals surface area (Å²) in [5.74, 6) is 0.500. The van der Waals surface area contributed by atoms with Crippen molar-refractivity contribution in [3.05, 3.63) is 64.7 Å². The van der Waals surface area contributed by atoms with Gasteiger partial charge in [-0.25, -0.2) is 0 Å². The van der Waals surface area contributed by atoms with Gasteiger partial charge in [0.05, 0.1) is 12.2 Å². The van der Waals surface area contributed by atoms with E-state index in [0.29, 0.717) is 22.9 Å². The van der Waals surface area contributed by atoms with Crippen LogP contribution in [0.15, 0.2) is 53.7 Å². The molecule has 0 amide bonds. The van der Waals surface area contributed by atoms with Crippen LogP contribution in [0.4, 0.5) is 0 Å². The first-order valence-corrected chi connectivity index (χ1v) is 6.52. The fraction of sp³-hybridized carbons (Fsp3) is 0.133. The largest absolute Gasteiger partial charge is 0.492 e. The Labute approximate surface area is 122 Å². The monoisotopic (exact) mass is 290 g/mol. The highest BCUT2D eigenvalue weighted by Gasteiger charge is 2.09. The Morgan fingerprint density at radius 1 is 1.20 bits per heavy atom. The number of nitrogens with zero attached hydrogens (tertiary/aromatic N) is 1. The topological polar surface area (TPSA) is 67.8 Å². The van der Waals surface area contributed by atoms with Crippen molar-refractivity contribution in [2.24, 2.45) is 10.9 Å². The van der Waals surface area contributed by atoms with E-state index in [9.17, 15) is 0 Å². The molecule has 0 aliphatic rings. The van der Waals surface area contributed by atoms with Crippen LogP contribution in [0.3, 0.4) is 0 Å². The van der Waals surface area contributed by atoms with E-state index < -0.39 is 0 Å². The van der Waals surface area contributed by atoms with Crippen molar-refractivity contribution in [3.63, 3.8) is 0 Å². The summed E-state index contributed by atoms with van der Waals surface area (Å²) in [7, 11) is 0. The lowest BCUT2D eigenvalue weighted by Crippen LogP contribution is -2.15. The van der Waals surface area contributed by atoms with Crippen LogP contribution in [-0.2, 0) is 6.42 Å². The fourth-order valence-electron chi connectivity index (χ4n) is 1.80. The molecule has 0 bridgehead atoms. The molecule has 0 aromatic heterocycles. The summed E-state index contributed by atoms with van der Waals surface area (Å²) in [6.07, 6.45) is 0.767. The molecule has 0 spiro atoms. The quantitative estimate of drug-likeness (QED) is 0.385. The van der Waals surface area contributed by atoms with E-state index in [0.717, 1.165) is 6.42 Å². The van der Waals surface area contributed by atoms with Crippen molar-refractivity contribution in [2.45, 2.75) is 6.42 Å². The van der Waals surface area contributed by atoms with Crippen LogP contribution in [0.5, 0.6) is 5.75 Å². The zero-order valence-electron chi connectivity index (χ0n) is 10.8. The van der Waals surface area contributed by atoms with E-state index >= 15 is 0 Å². The second kappa shape index (κ2) is 6.82. The minimum Gasteiger partial charge on any atom is -0.492 e. The third kappa shape index (κ3) is 3.65. The fourth-order valence-corrected chi connectivity index (χ4v) is 1.97. The summed E-state index contributed by atoms with van der Waals surface area (Å²) < 4.78 is 5.69. The SMILES string of the molecule is N/C(=N/O)c1ccc(Cl)cc1OCCc1ccccc1. The van der Waals surface area contributed by atoms with Crippen LogP contribution in [-0.4, -0.2) is 17.6 Å². The highest BCUT2D eigenvalue weighted by molar-refractivity contribution is 6.30. The third-order valence-electron chi connectivity index (χ3n) is 2.82. The normalized spacial score (nSPS) is 11.3. The third-order valence-corrected chi connectivity index (χ3v) is 3.05. The minimum absolute atomic E-state index is 0.00335. The molecule has 4 nitrogen and oxygen atoms in total. The number of ether oxygens (including phenoxy) is 1. The first-order chi connectivity index (χ1) is 9.70. The Morgan fingerprint density at radius 2 is 1.95 bits per heavy atom. The molecule has 20 heavy (non-hydrogen) atoms. The molecule has 0 unspecified atom stereocenters. The summed E-state index contributed by atoms with van der Waals surface area (Å²) >= 11 is 5.94. The number of hydrogen-bond donors (Lipinski definition) is 2. The number of nitrogens with two attached hydrogens (primary N) is 1. The lowest BCUT2D eigenvalue weighted by atomic mass is 10.1. The van der Waals surface area contributed by atoms with E-state index in [4.69, 9.17) is 27.3 Å². The molecule has 104 valence electrons. The number of benzene rings is 2. The highest BCUT2D eigenvalue weighted by atomic mass is 35.5. The van der Waals surface area contributed by atoms with Gasteiger partial charge in [0.15, 0.2) is 5.84 Å². The molecule has 2 rings (SSSR count). The summed E-state index contributed by atoms with van der Waals surface area (Å²) in [6.45, 7) is 0.482. The van der Waals surface area contributed by atoms with Crippen molar-refractivity contribution in [1.29, 1.82) is 0 Å². The smallest absolute Gasteiger partial charge is 0.173 e. The lowest BCUT2D eigenvalue weighted by Gasteiger charge is -2.11. The van der Waals surface area contributed by atoms with Crippen molar-refractivity contribution < 1.29 is 9.94 Å². The molecular weight excluding hydrogens is 276 g/mol. The predicted molar refractivity (Wildman–Crippen MR) is 79.6 cm³/mol. The maximum absolute atomic E-state index is 8.76. The Kier molecular flexibility index (Phi) is 4.85. The second-order valence-electron chi connectivity index (χ2n) is 4.21. The van der Waals surface area contributed by atoms with Gasteiger partial charge >= 0.3 is 0 Å². The molecular formula is C15H15ClN2O2. The predicted octanol–water partition coefficient (Wildman–Crippen LogP) is 3.06. The lowest BCUT2D eigenvalue weighted by molar-refractivity contribution is 0.313. The maximum Gasteiger partial charge on any atom is 0.173 e. The van der Waals surface area contributed by atoms with Gasteiger partial charge in [0.1, 0.15) is 5.75 Å². The van der Waals surface area contributed by atoms with Gasteiger partial charge in [0.25, 0.3) is 0 Å². The Morgan fingerprint density at radius 3 is 2.65 bits per heavy atom. The number of hydrogen-bond acceptors (Lipinski definition) is 3. The van der Waals surface area contributed by atoms with Crippen molar-refractivity contribution in [1.82, 2.24) is 0 Å². The van der Waals surface area contributed by atoms with Gasteiger partial charge < -0.3 is 15.7 Å². The van der Waals surface area contributed by atoms with E-state index in [2.05, 4.69) is 5.16 Å². The molecule has 0 fully saturated rings. The summed E-state index contributed by atoms with van der Waals surface area (Å²) in [5, 5.41) is 12.3. The van der Waals surface area contributed by atoms with E-state index in [1.807, 2.05) is 30.3 Å². The molecule has 0 radical (unpaired) electrons. The second-order valence-corrected chi connectivity index (χ2v) is 4.65. The van der Waals surface area contributed by atoms with Crippen molar-refractivity contribution in [2.75, 3.05) is 6.61 Å². The maximum atomic E-state index is 8.76. The molecule has 2 aromatic rings. The van der Waals surface area contributed by atoms with Gasteiger partial charge in [-0.3, -0.25) is 0 Å². The summed E-state index contributed by atoms with van der Waals surface area (Å²) in [4.78, 5) is 0. The Hall–Kier alpha value is -2.20. The van der Waals surface area contributed by atoms with E-state index in [1.165, 1.54) is 5.56 Å². The first-order valence-electron chi connectivity index (χ1n) is 6.15. The van der Waals surface area contributed by atoms with Gasteiger partial charge in [0, 0.05) is 11.4 Å². The highest BCUT2D eigenvalue weighted by Crippen LogP contribution is 2.23. The van der Waals surface area contributed by atoms with Crippen LogP contribution in [0.25, 0.3) is 0 Å². The van der Waals surface area contributed by atoms with E-state index in [1.54, 1.807) is 18.2 Å². The zero-order chi connectivity index (χ0) is 14.4. The van der Waals surface area contributed by atoms with Crippen LogP contribution < -0.4 is 10.5 Å². The number of rotatable bonds is 5. The van der Waals surface area contributed by atoms with Crippen LogP contribution in [0, 0.1) is 0 Å². The molecule has 0 atom stereocenters. The van der Waals surface area contributed by atoms with Crippen LogP contribution in [0.2, 0.25) is 5.02 Å². The van der Waals surface area contributed by atoms with Crippen LogP contribution >= 0.6 is 11.6 Å². The van der Waals surface area contributed by atoms with Crippen LogP contribution in [0.1, 0.15) is 11.1 Å². The molecule has 2 aromatic carbocycles. The molecule has 5 heteroatoms. The number of oxime groups is 1. The minimum atomic E-state index is -0.00335. The molecule has 3 N–H and O–H groups in total. The first kappa shape index (κ1) is 14.2. The Balaban J connectivity index is 2.07. The average molecular weight is 291 g/mol. The van der Waals surface area contributed by atoms with Gasteiger partial charge in [0.2, 0.25) is 0 Å². The molecule has 0 aliphatic carbocycles. The van der Waals surface area contributed by atoms with Gasteiger partial charge in [-0.1, -0.05) is 47.1 Å². The Bertz CT molecular complexity index is 600. The molecule has 0 heterocycles. The van der Waals surface area contributed by atoms with Crippen molar-refractivity contribution >= 4 is 17.4 Å². The standard InChI is InChI=1S/C15H15ClN2O2/c16-12-6-7-13(15(17)18-19)14(10-12)20-9-8-11-4-2-1-3-5-11/h1-7,10,19H,8-9H2,(H2,17,18). The summed E-state index contributed by atoms with van der Waals surface area (Å²) in [5.41, 5.74) is 7.30. The molecule has 0 saturated carbocycles. The number of halogens is 1. The van der Waals surface area contributed by atoms with Gasteiger partial charge in [-0.2, -0.15) is 0 Å². The van der Waals surface area contributed by atoms with Gasteiger partial charge in [-0.05, 0) is 23.8 Å².